The summed E-state index contributed by atoms with van der Waals surface area (Å²) in [4.78, 5) is 0. The Kier molecular flexibility index (Phi) is 3.17. The summed E-state index contributed by atoms with van der Waals surface area (Å²) in [6, 6.07) is 22.6. The van der Waals surface area contributed by atoms with E-state index < -0.39 is 0 Å². The summed E-state index contributed by atoms with van der Waals surface area (Å²) in [5.74, 6) is 1.67. The van der Waals surface area contributed by atoms with E-state index in [-0.39, 0.29) is 0 Å². The first kappa shape index (κ1) is 11.8. The van der Waals surface area contributed by atoms with Gasteiger partial charge in [0, 0.05) is 5.56 Å². The van der Waals surface area contributed by atoms with Crippen molar-refractivity contribution in [1.29, 1.82) is 0 Å². The second-order valence-corrected chi connectivity index (χ2v) is 4.41. The third-order valence-corrected chi connectivity index (χ3v) is 3.14. The van der Waals surface area contributed by atoms with Gasteiger partial charge >= 0.3 is 0 Å². The van der Waals surface area contributed by atoms with Crippen molar-refractivity contribution < 1.29 is 4.42 Å². The first-order chi connectivity index (χ1) is 9.36. The molecule has 0 fully saturated rings. The topological polar surface area (TPSA) is 39.2 Å². The summed E-state index contributed by atoms with van der Waals surface area (Å²) in [5.41, 5.74) is 9.04. The summed E-state index contributed by atoms with van der Waals surface area (Å²) in [7, 11) is 0. The third-order valence-electron chi connectivity index (χ3n) is 3.14. The fourth-order valence-electron chi connectivity index (χ4n) is 2.10. The van der Waals surface area contributed by atoms with E-state index in [1.54, 1.807) is 0 Å². The van der Waals surface area contributed by atoms with Crippen LogP contribution in [0, 0.1) is 0 Å². The van der Waals surface area contributed by atoms with Crippen LogP contribution in [0.4, 0.5) is 0 Å². The fraction of sp³-hybridized carbons (Fsp3) is 0.0588. The minimum absolute atomic E-state index is 0.433. The lowest BCUT2D eigenvalue weighted by molar-refractivity contribution is 0.525. The van der Waals surface area contributed by atoms with Crippen LogP contribution in [-0.2, 0) is 6.54 Å². The van der Waals surface area contributed by atoms with Gasteiger partial charge in [-0.1, -0.05) is 54.6 Å². The van der Waals surface area contributed by atoms with Crippen molar-refractivity contribution in [3.63, 3.8) is 0 Å². The highest BCUT2D eigenvalue weighted by atomic mass is 16.3. The van der Waals surface area contributed by atoms with Crippen LogP contribution in [0.3, 0.4) is 0 Å². The van der Waals surface area contributed by atoms with E-state index in [0.717, 1.165) is 17.1 Å². The molecule has 0 atom stereocenters. The predicted octanol–water partition coefficient (Wildman–Crippen LogP) is 4.07. The van der Waals surface area contributed by atoms with E-state index in [1.165, 1.54) is 11.1 Å². The van der Waals surface area contributed by atoms with E-state index >= 15 is 0 Å². The Morgan fingerprint density at radius 1 is 0.684 bits per heavy atom. The van der Waals surface area contributed by atoms with Gasteiger partial charge in [0.15, 0.2) is 0 Å². The zero-order valence-corrected chi connectivity index (χ0v) is 10.5. The highest BCUT2D eigenvalue weighted by molar-refractivity contribution is 5.68. The molecule has 3 rings (SSSR count). The van der Waals surface area contributed by atoms with Crippen LogP contribution in [0.25, 0.3) is 22.5 Å². The van der Waals surface area contributed by atoms with Crippen molar-refractivity contribution >= 4 is 0 Å². The molecule has 94 valence electrons. The summed E-state index contributed by atoms with van der Waals surface area (Å²) < 4.78 is 5.64. The Balaban J connectivity index is 1.90. The van der Waals surface area contributed by atoms with Crippen molar-refractivity contribution in [1.82, 2.24) is 0 Å². The summed E-state index contributed by atoms with van der Waals surface area (Å²) in [6.07, 6.45) is 0. The van der Waals surface area contributed by atoms with E-state index in [9.17, 15) is 0 Å². The number of nitrogens with two attached hydrogens (primary N) is 1. The molecule has 0 radical (unpaired) electrons. The number of benzene rings is 2. The van der Waals surface area contributed by atoms with E-state index in [4.69, 9.17) is 10.2 Å². The van der Waals surface area contributed by atoms with E-state index in [0.29, 0.717) is 6.54 Å². The molecular weight excluding hydrogens is 234 g/mol. The zero-order valence-electron chi connectivity index (χ0n) is 10.5. The average molecular weight is 249 g/mol. The van der Waals surface area contributed by atoms with Gasteiger partial charge in [-0.05, 0) is 23.3 Å². The van der Waals surface area contributed by atoms with Gasteiger partial charge in [0.25, 0.3) is 0 Å². The molecule has 0 bridgehead atoms. The van der Waals surface area contributed by atoms with Gasteiger partial charge in [-0.2, -0.15) is 0 Å². The summed E-state index contributed by atoms with van der Waals surface area (Å²) in [5, 5.41) is 0. The smallest absolute Gasteiger partial charge is 0.134 e. The van der Waals surface area contributed by atoms with Gasteiger partial charge in [0.05, 0.1) is 6.54 Å². The molecule has 0 aliphatic rings. The van der Waals surface area contributed by atoms with Crippen LogP contribution in [0.15, 0.2) is 71.1 Å². The summed E-state index contributed by atoms with van der Waals surface area (Å²) in [6.45, 7) is 0.433. The van der Waals surface area contributed by atoms with Crippen molar-refractivity contribution in [3.05, 3.63) is 72.5 Å². The van der Waals surface area contributed by atoms with Crippen molar-refractivity contribution in [2.75, 3.05) is 0 Å². The molecule has 0 amide bonds. The van der Waals surface area contributed by atoms with Crippen LogP contribution in [0.1, 0.15) is 5.76 Å². The fourth-order valence-corrected chi connectivity index (χ4v) is 2.10. The molecule has 0 saturated carbocycles. The second-order valence-electron chi connectivity index (χ2n) is 4.41. The minimum Gasteiger partial charge on any atom is -0.460 e. The Morgan fingerprint density at radius 2 is 1.32 bits per heavy atom. The molecular formula is C17H15NO. The molecule has 0 aliphatic heterocycles. The first-order valence-corrected chi connectivity index (χ1v) is 6.31. The Hall–Kier alpha value is -2.32. The van der Waals surface area contributed by atoms with Gasteiger partial charge < -0.3 is 10.2 Å². The molecule has 2 nitrogen and oxygen atoms in total. The standard InChI is InChI=1S/C17H15NO/c18-12-16-10-11-17(19-16)15-8-6-14(7-9-15)13-4-2-1-3-5-13/h1-11H,12,18H2. The highest BCUT2D eigenvalue weighted by Crippen LogP contribution is 2.26. The lowest BCUT2D eigenvalue weighted by atomic mass is 10.0. The van der Waals surface area contributed by atoms with Gasteiger partial charge in [-0.25, -0.2) is 0 Å². The predicted molar refractivity (Wildman–Crippen MR) is 77.5 cm³/mol. The van der Waals surface area contributed by atoms with Crippen LogP contribution in [-0.4, -0.2) is 0 Å². The second kappa shape index (κ2) is 5.12. The highest BCUT2D eigenvalue weighted by Gasteiger charge is 2.04. The average Bonchev–Trinajstić information content (AvgIpc) is 2.97. The number of furan rings is 1. The third kappa shape index (κ3) is 2.44. The first-order valence-electron chi connectivity index (χ1n) is 6.31. The van der Waals surface area contributed by atoms with Crippen LogP contribution >= 0.6 is 0 Å². The lowest BCUT2D eigenvalue weighted by Gasteiger charge is -2.02. The molecule has 2 aromatic carbocycles. The maximum Gasteiger partial charge on any atom is 0.134 e. The van der Waals surface area contributed by atoms with Gasteiger partial charge in [-0.3, -0.25) is 0 Å². The Morgan fingerprint density at radius 3 is 1.95 bits per heavy atom. The van der Waals surface area contributed by atoms with Crippen molar-refractivity contribution in [3.8, 4) is 22.5 Å². The summed E-state index contributed by atoms with van der Waals surface area (Å²) >= 11 is 0. The largest absolute Gasteiger partial charge is 0.460 e. The molecule has 19 heavy (non-hydrogen) atoms. The maximum absolute atomic E-state index is 5.64. The van der Waals surface area contributed by atoms with Crippen molar-refractivity contribution in [2.45, 2.75) is 6.54 Å². The minimum atomic E-state index is 0.433. The molecule has 2 N–H and O–H groups in total. The quantitative estimate of drug-likeness (QED) is 0.759. The van der Waals surface area contributed by atoms with Crippen LogP contribution < -0.4 is 5.73 Å². The molecule has 0 aliphatic carbocycles. The van der Waals surface area contributed by atoms with Gasteiger partial charge in [0.1, 0.15) is 11.5 Å². The zero-order chi connectivity index (χ0) is 13.1. The molecule has 1 aromatic heterocycles. The molecule has 0 saturated heterocycles. The normalized spacial score (nSPS) is 10.6. The lowest BCUT2D eigenvalue weighted by Crippen LogP contribution is -1.92. The Bertz CT molecular complexity index is 653. The molecule has 0 unspecified atom stereocenters. The van der Waals surface area contributed by atoms with Crippen LogP contribution in [0.5, 0.6) is 0 Å². The monoisotopic (exact) mass is 249 g/mol. The molecule has 0 spiro atoms. The maximum atomic E-state index is 5.64. The van der Waals surface area contributed by atoms with Crippen molar-refractivity contribution in [2.24, 2.45) is 5.73 Å². The molecule has 1 heterocycles. The molecule has 2 heteroatoms. The Labute approximate surface area is 112 Å². The van der Waals surface area contributed by atoms with Crippen LogP contribution in [0.2, 0.25) is 0 Å². The van der Waals surface area contributed by atoms with E-state index in [1.807, 2.05) is 30.3 Å². The van der Waals surface area contributed by atoms with E-state index in [2.05, 4.69) is 36.4 Å². The van der Waals surface area contributed by atoms with Gasteiger partial charge in [-0.15, -0.1) is 0 Å². The molecule has 3 aromatic rings. The number of hydrogen-bond donors (Lipinski definition) is 1. The van der Waals surface area contributed by atoms with Gasteiger partial charge in [0.2, 0.25) is 0 Å². The SMILES string of the molecule is NCc1ccc(-c2ccc(-c3ccccc3)cc2)o1. The number of rotatable bonds is 3. The number of hydrogen-bond acceptors (Lipinski definition) is 2.